The van der Waals surface area contributed by atoms with Gasteiger partial charge in [-0.1, -0.05) is 41.9 Å². The zero-order chi connectivity index (χ0) is 21.0. The van der Waals surface area contributed by atoms with Gasteiger partial charge in [-0.2, -0.15) is 0 Å². The molecule has 0 fully saturated rings. The Bertz CT molecular complexity index is 1070. The van der Waals surface area contributed by atoms with Gasteiger partial charge in [-0.05, 0) is 37.6 Å². The minimum absolute atomic E-state index is 0.00621. The lowest BCUT2D eigenvalue weighted by atomic mass is 10.1. The lowest BCUT2D eigenvalue weighted by molar-refractivity contribution is -0.124. The molecule has 150 valence electrons. The number of aromatic nitrogens is 1. The molecule has 2 amide bonds. The number of azo groups is 1. The molecule has 0 atom stereocenters. The third-order valence-corrected chi connectivity index (χ3v) is 4.60. The summed E-state index contributed by atoms with van der Waals surface area (Å²) >= 11 is 5.82. The average molecular weight is 413 g/mol. The molecule has 1 aromatic heterocycles. The lowest BCUT2D eigenvalue weighted by Gasteiger charge is -2.10. The number of nitrogens with one attached hydrogen (secondary N) is 1. The summed E-state index contributed by atoms with van der Waals surface area (Å²) < 4.78 is 1.72. The fourth-order valence-electron chi connectivity index (χ4n) is 3.02. The van der Waals surface area contributed by atoms with E-state index in [9.17, 15) is 14.7 Å². The first-order valence-electron chi connectivity index (χ1n) is 9.14. The highest BCUT2D eigenvalue weighted by Crippen LogP contribution is 2.40. The number of benzene rings is 2. The fraction of sp³-hybridized carbons (Fsp3) is 0.238. The van der Waals surface area contributed by atoms with Crippen LogP contribution in [0.25, 0.3) is 10.9 Å². The zero-order valence-corrected chi connectivity index (χ0v) is 16.8. The van der Waals surface area contributed by atoms with Gasteiger partial charge in [-0.25, -0.2) is 0 Å². The Hall–Kier alpha value is -3.19. The van der Waals surface area contributed by atoms with Crippen molar-refractivity contribution < 1.29 is 14.7 Å². The quantitative estimate of drug-likeness (QED) is 0.581. The number of carbonyl (C=O) groups excluding carboxylic acids is 2. The minimum atomic E-state index is -0.616. The first-order chi connectivity index (χ1) is 13.9. The summed E-state index contributed by atoms with van der Waals surface area (Å²) in [5, 5.41) is 21.9. The number of rotatable bonds is 6. The number of aromatic hydroxyl groups is 1. The highest BCUT2D eigenvalue weighted by molar-refractivity contribution is 6.30. The molecule has 2 N–H and O–H groups in total. The summed E-state index contributed by atoms with van der Waals surface area (Å²) in [6.07, 6.45) is 0.129. The summed E-state index contributed by atoms with van der Waals surface area (Å²) in [6, 6.07) is 14.3. The van der Waals surface area contributed by atoms with Crippen molar-refractivity contribution in [3.8, 4) is 5.88 Å². The van der Waals surface area contributed by atoms with Gasteiger partial charge in [0.25, 0.3) is 5.91 Å². The van der Waals surface area contributed by atoms with Crippen LogP contribution in [-0.4, -0.2) is 28.0 Å². The van der Waals surface area contributed by atoms with Gasteiger partial charge in [0.05, 0.1) is 11.9 Å². The van der Waals surface area contributed by atoms with Gasteiger partial charge in [0.15, 0.2) is 5.69 Å². The Labute approximate surface area is 173 Å². The van der Waals surface area contributed by atoms with E-state index < -0.39 is 5.91 Å². The summed E-state index contributed by atoms with van der Waals surface area (Å²) in [4.78, 5) is 24.0. The van der Waals surface area contributed by atoms with Gasteiger partial charge in [0.1, 0.15) is 6.54 Å². The molecule has 0 aliphatic rings. The predicted octanol–water partition coefficient (Wildman–Crippen LogP) is 4.55. The van der Waals surface area contributed by atoms with Gasteiger partial charge < -0.3 is 15.0 Å². The molecule has 7 nitrogen and oxygen atoms in total. The molecule has 0 aliphatic carbocycles. The molecule has 1 heterocycles. The van der Waals surface area contributed by atoms with Crippen LogP contribution in [0, 0.1) is 0 Å². The number of halogens is 1. The summed E-state index contributed by atoms with van der Waals surface area (Å²) in [6.45, 7) is 3.60. The van der Waals surface area contributed by atoms with Crippen LogP contribution in [0.1, 0.15) is 25.5 Å². The number of hydrogen-bond acceptors (Lipinski definition) is 4. The van der Waals surface area contributed by atoms with Gasteiger partial charge >= 0.3 is 0 Å². The van der Waals surface area contributed by atoms with E-state index in [1.165, 1.54) is 0 Å². The van der Waals surface area contributed by atoms with Crippen molar-refractivity contribution in [1.82, 2.24) is 9.88 Å². The van der Waals surface area contributed by atoms with E-state index in [1.54, 1.807) is 34.9 Å². The van der Waals surface area contributed by atoms with Crippen LogP contribution in [-0.2, 0) is 16.0 Å². The third-order valence-electron chi connectivity index (χ3n) is 4.35. The molecule has 2 aromatic carbocycles. The number of fused-ring (bicyclic) bond motifs is 1. The standard InChI is InChI=1S/C21H21ClN4O3/c1-13(2)26-17-6-4-3-5-16(17)20(21(26)29)25-24-19(28)12-23-18(27)11-14-7-9-15(22)10-8-14/h3-10,13,29H,11-12H2,1-2H3,(H,23,27). The number of nitrogens with zero attached hydrogens (tertiary/aromatic N) is 3. The summed E-state index contributed by atoms with van der Waals surface area (Å²) in [5.41, 5.74) is 1.82. The zero-order valence-electron chi connectivity index (χ0n) is 16.1. The third kappa shape index (κ3) is 4.81. The molecule has 3 rings (SSSR count). The van der Waals surface area contributed by atoms with Gasteiger partial charge in [-0.3, -0.25) is 9.59 Å². The van der Waals surface area contributed by atoms with Crippen molar-refractivity contribution in [2.45, 2.75) is 26.3 Å². The monoisotopic (exact) mass is 412 g/mol. The maximum absolute atomic E-state index is 12.0. The van der Waals surface area contributed by atoms with E-state index in [2.05, 4.69) is 15.5 Å². The van der Waals surface area contributed by atoms with Crippen molar-refractivity contribution in [2.75, 3.05) is 6.54 Å². The molecular formula is C21H21ClN4O3. The topological polar surface area (TPSA) is 96.0 Å². The Balaban J connectivity index is 1.66. The van der Waals surface area contributed by atoms with Crippen LogP contribution in [0.2, 0.25) is 5.02 Å². The maximum Gasteiger partial charge on any atom is 0.283 e. The summed E-state index contributed by atoms with van der Waals surface area (Å²) in [7, 11) is 0. The average Bonchev–Trinajstić information content (AvgIpc) is 2.98. The second-order valence-electron chi connectivity index (χ2n) is 6.83. The van der Waals surface area contributed by atoms with E-state index in [4.69, 9.17) is 11.6 Å². The van der Waals surface area contributed by atoms with Crippen molar-refractivity contribution in [3.05, 3.63) is 59.1 Å². The van der Waals surface area contributed by atoms with Gasteiger partial charge in [0.2, 0.25) is 11.8 Å². The van der Waals surface area contributed by atoms with Crippen LogP contribution < -0.4 is 5.32 Å². The molecule has 0 spiro atoms. The van der Waals surface area contributed by atoms with Crippen LogP contribution in [0.4, 0.5) is 5.69 Å². The number of hydrogen-bond donors (Lipinski definition) is 2. The largest absolute Gasteiger partial charge is 0.493 e. The van der Waals surface area contributed by atoms with Crippen molar-refractivity contribution >= 4 is 40.0 Å². The Kier molecular flexibility index (Phi) is 6.29. The van der Waals surface area contributed by atoms with E-state index in [0.29, 0.717) is 10.4 Å². The molecule has 3 aromatic rings. The van der Waals surface area contributed by atoms with Gasteiger partial charge in [0, 0.05) is 16.5 Å². The first kappa shape index (κ1) is 20.5. The molecule has 0 bridgehead atoms. The number of para-hydroxylation sites is 1. The predicted molar refractivity (Wildman–Crippen MR) is 112 cm³/mol. The second-order valence-corrected chi connectivity index (χ2v) is 7.26. The highest BCUT2D eigenvalue weighted by Gasteiger charge is 2.18. The van der Waals surface area contributed by atoms with Crippen LogP contribution in [0.15, 0.2) is 58.8 Å². The molecular weight excluding hydrogens is 392 g/mol. The SMILES string of the molecule is CC(C)n1c(O)c(N=NC(=O)CNC(=O)Cc2ccc(Cl)cc2)c2ccccc21. The highest BCUT2D eigenvalue weighted by atomic mass is 35.5. The molecule has 0 saturated heterocycles. The van der Waals surface area contributed by atoms with Crippen molar-refractivity contribution in [3.63, 3.8) is 0 Å². The van der Waals surface area contributed by atoms with E-state index >= 15 is 0 Å². The van der Waals surface area contributed by atoms with Gasteiger partial charge in [-0.15, -0.1) is 10.2 Å². The normalized spacial score (nSPS) is 11.4. The van der Waals surface area contributed by atoms with E-state index in [0.717, 1.165) is 11.1 Å². The van der Waals surface area contributed by atoms with E-state index in [1.807, 2.05) is 32.0 Å². The number of amides is 2. The molecule has 8 heteroatoms. The summed E-state index contributed by atoms with van der Waals surface area (Å²) in [5.74, 6) is -0.977. The van der Waals surface area contributed by atoms with E-state index in [-0.39, 0.29) is 36.5 Å². The van der Waals surface area contributed by atoms with Crippen LogP contribution in [0.3, 0.4) is 0 Å². The minimum Gasteiger partial charge on any atom is -0.493 e. The molecule has 0 radical (unpaired) electrons. The molecule has 29 heavy (non-hydrogen) atoms. The smallest absolute Gasteiger partial charge is 0.283 e. The molecule has 0 aliphatic heterocycles. The Morgan fingerprint density at radius 1 is 1.14 bits per heavy atom. The molecule has 0 saturated carbocycles. The Morgan fingerprint density at radius 2 is 1.83 bits per heavy atom. The Morgan fingerprint density at radius 3 is 2.52 bits per heavy atom. The molecule has 0 unspecified atom stereocenters. The van der Waals surface area contributed by atoms with Crippen LogP contribution in [0.5, 0.6) is 5.88 Å². The fourth-order valence-corrected chi connectivity index (χ4v) is 3.15. The first-order valence-corrected chi connectivity index (χ1v) is 9.52. The number of carbonyl (C=O) groups is 2. The second kappa shape index (κ2) is 8.87. The van der Waals surface area contributed by atoms with Crippen molar-refractivity contribution in [2.24, 2.45) is 10.2 Å². The van der Waals surface area contributed by atoms with Crippen LogP contribution >= 0.6 is 11.6 Å². The van der Waals surface area contributed by atoms with Crippen molar-refractivity contribution in [1.29, 1.82) is 0 Å². The lowest BCUT2D eigenvalue weighted by Crippen LogP contribution is -2.29. The maximum atomic E-state index is 12.0.